The molecule has 0 spiro atoms. The average Bonchev–Trinajstić information content (AvgIpc) is 2.68. The molecule has 0 aliphatic heterocycles. The van der Waals surface area contributed by atoms with Crippen LogP contribution in [0.4, 0.5) is 0 Å². The van der Waals surface area contributed by atoms with Crippen LogP contribution in [0.5, 0.6) is 0 Å². The highest BCUT2D eigenvalue weighted by atomic mass is 32.2. The van der Waals surface area contributed by atoms with Crippen molar-refractivity contribution in [2.24, 2.45) is 12.8 Å². The Hall–Kier alpha value is -1.40. The first-order valence-corrected chi connectivity index (χ1v) is 6.65. The number of aryl methyl sites for hydroxylation is 1. The second-order valence-corrected chi connectivity index (χ2v) is 5.38. The molecule has 0 amide bonds. The van der Waals surface area contributed by atoms with Crippen molar-refractivity contribution in [2.45, 2.75) is 30.3 Å². The van der Waals surface area contributed by atoms with Crippen molar-refractivity contribution in [2.75, 3.05) is 0 Å². The standard InChI is InChI=1S/C12H17N5S/c1-8(13)11(10-5-4-6-14-7-10)18-12-16-15-9(2)17(12)3/h4-8,11H,13H2,1-3H3. The topological polar surface area (TPSA) is 69.6 Å². The highest BCUT2D eigenvalue weighted by molar-refractivity contribution is 7.99. The van der Waals surface area contributed by atoms with Gasteiger partial charge in [-0.2, -0.15) is 0 Å². The van der Waals surface area contributed by atoms with Crippen LogP contribution in [0.25, 0.3) is 0 Å². The van der Waals surface area contributed by atoms with Gasteiger partial charge in [-0.1, -0.05) is 17.8 Å². The maximum absolute atomic E-state index is 6.07. The molecule has 2 unspecified atom stereocenters. The van der Waals surface area contributed by atoms with Crippen LogP contribution in [-0.2, 0) is 7.05 Å². The molecule has 2 heterocycles. The normalized spacial score (nSPS) is 14.4. The Labute approximate surface area is 111 Å². The number of nitrogens with two attached hydrogens (primary N) is 1. The van der Waals surface area contributed by atoms with E-state index in [1.54, 1.807) is 18.0 Å². The van der Waals surface area contributed by atoms with Crippen LogP contribution in [-0.4, -0.2) is 25.8 Å². The number of thioether (sulfide) groups is 1. The van der Waals surface area contributed by atoms with Crippen molar-refractivity contribution < 1.29 is 0 Å². The molecule has 0 saturated heterocycles. The Morgan fingerprint density at radius 2 is 2.17 bits per heavy atom. The molecule has 0 radical (unpaired) electrons. The molecule has 0 bridgehead atoms. The molecule has 5 nitrogen and oxygen atoms in total. The lowest BCUT2D eigenvalue weighted by molar-refractivity contribution is 0.705. The third-order valence-corrected chi connectivity index (χ3v) is 4.30. The number of aromatic nitrogens is 4. The molecule has 2 rings (SSSR count). The summed E-state index contributed by atoms with van der Waals surface area (Å²) in [4.78, 5) is 4.15. The lowest BCUT2D eigenvalue weighted by atomic mass is 10.1. The van der Waals surface area contributed by atoms with E-state index in [0.29, 0.717) is 0 Å². The number of rotatable bonds is 4. The summed E-state index contributed by atoms with van der Waals surface area (Å²) in [5, 5.41) is 9.22. The van der Waals surface area contributed by atoms with Crippen LogP contribution in [0.1, 0.15) is 23.6 Å². The first kappa shape index (κ1) is 13.0. The molecule has 2 N–H and O–H groups in total. The van der Waals surface area contributed by atoms with E-state index in [-0.39, 0.29) is 11.3 Å². The van der Waals surface area contributed by atoms with Gasteiger partial charge in [-0.3, -0.25) is 4.98 Å². The Morgan fingerprint density at radius 3 is 2.67 bits per heavy atom. The lowest BCUT2D eigenvalue weighted by Gasteiger charge is -2.19. The van der Waals surface area contributed by atoms with Crippen LogP contribution in [0.3, 0.4) is 0 Å². The molecule has 0 fully saturated rings. The van der Waals surface area contributed by atoms with Crippen molar-refractivity contribution in [1.29, 1.82) is 0 Å². The molecule has 2 atom stereocenters. The Morgan fingerprint density at radius 1 is 1.39 bits per heavy atom. The van der Waals surface area contributed by atoms with Gasteiger partial charge in [-0.15, -0.1) is 10.2 Å². The summed E-state index contributed by atoms with van der Waals surface area (Å²) in [6.07, 6.45) is 3.61. The molecule has 0 aromatic carbocycles. The van der Waals surface area contributed by atoms with Crippen molar-refractivity contribution in [3.8, 4) is 0 Å². The minimum atomic E-state index is 0.0104. The predicted octanol–water partition coefficient (Wildman–Crippen LogP) is 1.70. The first-order valence-electron chi connectivity index (χ1n) is 5.77. The van der Waals surface area contributed by atoms with Crippen LogP contribution in [0.2, 0.25) is 0 Å². The lowest BCUT2D eigenvalue weighted by Crippen LogP contribution is -2.23. The average molecular weight is 263 g/mol. The predicted molar refractivity (Wildman–Crippen MR) is 72.2 cm³/mol. The Balaban J connectivity index is 2.25. The Bertz CT molecular complexity index is 508. The number of hydrogen-bond donors (Lipinski definition) is 1. The minimum absolute atomic E-state index is 0.0104. The zero-order chi connectivity index (χ0) is 13.1. The highest BCUT2D eigenvalue weighted by Gasteiger charge is 2.20. The molecule has 6 heteroatoms. The van der Waals surface area contributed by atoms with Crippen molar-refractivity contribution in [3.05, 3.63) is 35.9 Å². The number of nitrogens with zero attached hydrogens (tertiary/aromatic N) is 4. The third-order valence-electron chi connectivity index (χ3n) is 2.78. The molecule has 0 aliphatic carbocycles. The molecule has 2 aromatic heterocycles. The summed E-state index contributed by atoms with van der Waals surface area (Å²) in [6, 6.07) is 3.97. The van der Waals surface area contributed by atoms with E-state index in [1.807, 2.05) is 43.8 Å². The van der Waals surface area contributed by atoms with Gasteiger partial charge in [0.1, 0.15) is 5.82 Å². The summed E-state index contributed by atoms with van der Waals surface area (Å²) >= 11 is 1.62. The van der Waals surface area contributed by atoms with Crippen molar-refractivity contribution >= 4 is 11.8 Å². The van der Waals surface area contributed by atoms with E-state index in [0.717, 1.165) is 16.5 Å². The van der Waals surface area contributed by atoms with E-state index in [2.05, 4.69) is 15.2 Å². The molecule has 0 aliphatic rings. The highest BCUT2D eigenvalue weighted by Crippen LogP contribution is 2.35. The zero-order valence-corrected chi connectivity index (χ0v) is 11.6. The summed E-state index contributed by atoms with van der Waals surface area (Å²) in [6.45, 7) is 3.93. The molecular formula is C12H17N5S. The SMILES string of the molecule is Cc1nnc(SC(c2cccnc2)C(C)N)n1C. The van der Waals surface area contributed by atoms with Crippen molar-refractivity contribution in [3.63, 3.8) is 0 Å². The molecule has 96 valence electrons. The van der Waals surface area contributed by atoms with Crippen LogP contribution in [0, 0.1) is 6.92 Å². The molecule has 2 aromatic rings. The Kier molecular flexibility index (Phi) is 3.98. The second kappa shape index (κ2) is 5.49. The summed E-state index contributed by atoms with van der Waals surface area (Å²) in [5.41, 5.74) is 7.18. The maximum Gasteiger partial charge on any atom is 0.191 e. The van der Waals surface area contributed by atoms with Gasteiger partial charge in [-0.05, 0) is 25.5 Å². The maximum atomic E-state index is 6.07. The monoisotopic (exact) mass is 263 g/mol. The van der Waals surface area contributed by atoms with Gasteiger partial charge >= 0.3 is 0 Å². The summed E-state index contributed by atoms with van der Waals surface area (Å²) in [7, 11) is 1.96. The first-order chi connectivity index (χ1) is 8.59. The van der Waals surface area contributed by atoms with E-state index >= 15 is 0 Å². The van der Waals surface area contributed by atoms with Gasteiger partial charge in [0.05, 0.1) is 5.25 Å². The van der Waals surface area contributed by atoms with E-state index in [9.17, 15) is 0 Å². The number of pyridine rings is 1. The number of hydrogen-bond acceptors (Lipinski definition) is 5. The second-order valence-electron chi connectivity index (χ2n) is 4.27. The fourth-order valence-corrected chi connectivity index (χ4v) is 2.72. The van der Waals surface area contributed by atoms with Gasteiger partial charge in [0.2, 0.25) is 0 Å². The largest absolute Gasteiger partial charge is 0.327 e. The van der Waals surface area contributed by atoms with Gasteiger partial charge in [0, 0.05) is 25.5 Å². The van der Waals surface area contributed by atoms with Gasteiger partial charge in [-0.25, -0.2) is 0 Å². The zero-order valence-electron chi connectivity index (χ0n) is 10.7. The van der Waals surface area contributed by atoms with Gasteiger partial charge in [0.15, 0.2) is 5.16 Å². The minimum Gasteiger partial charge on any atom is -0.327 e. The van der Waals surface area contributed by atoms with E-state index < -0.39 is 0 Å². The van der Waals surface area contributed by atoms with E-state index in [4.69, 9.17) is 5.73 Å². The van der Waals surface area contributed by atoms with Crippen LogP contribution < -0.4 is 5.73 Å². The smallest absolute Gasteiger partial charge is 0.191 e. The van der Waals surface area contributed by atoms with Gasteiger partial charge < -0.3 is 10.3 Å². The van der Waals surface area contributed by atoms with Gasteiger partial charge in [0.25, 0.3) is 0 Å². The summed E-state index contributed by atoms with van der Waals surface area (Å²) in [5.74, 6) is 0.895. The van der Waals surface area contributed by atoms with Crippen LogP contribution >= 0.6 is 11.8 Å². The molecular weight excluding hydrogens is 246 g/mol. The fraction of sp³-hybridized carbons (Fsp3) is 0.417. The van der Waals surface area contributed by atoms with Crippen LogP contribution in [0.15, 0.2) is 29.7 Å². The molecule has 0 saturated carbocycles. The quantitative estimate of drug-likeness (QED) is 0.850. The third kappa shape index (κ3) is 2.70. The molecule has 18 heavy (non-hydrogen) atoms. The van der Waals surface area contributed by atoms with Crippen molar-refractivity contribution in [1.82, 2.24) is 19.7 Å². The summed E-state index contributed by atoms with van der Waals surface area (Å²) < 4.78 is 1.97. The van der Waals surface area contributed by atoms with E-state index in [1.165, 1.54) is 0 Å². The fourth-order valence-electron chi connectivity index (χ4n) is 1.63.